The largest absolute Gasteiger partial charge is 0.392 e. The van der Waals surface area contributed by atoms with Gasteiger partial charge in [0.1, 0.15) is 0 Å². The van der Waals surface area contributed by atoms with E-state index in [0.29, 0.717) is 0 Å². The fraction of sp³-hybridized carbons (Fsp3) is 0.571. The van der Waals surface area contributed by atoms with Crippen molar-refractivity contribution in [3.05, 3.63) is 29.3 Å². The van der Waals surface area contributed by atoms with Crippen molar-refractivity contribution in [2.45, 2.75) is 38.9 Å². The second-order valence-corrected chi connectivity index (χ2v) is 5.26. The summed E-state index contributed by atoms with van der Waals surface area (Å²) in [5, 5.41) is 19.0. The number of benzene rings is 1. The molecule has 1 saturated heterocycles. The number of anilines is 1. The molecular formula is C14H21NO2. The van der Waals surface area contributed by atoms with Crippen LogP contribution in [0.25, 0.3) is 0 Å². The van der Waals surface area contributed by atoms with Crippen LogP contribution in [0.1, 0.15) is 30.9 Å². The first-order valence-corrected chi connectivity index (χ1v) is 6.19. The second kappa shape index (κ2) is 4.67. The molecule has 0 aromatic heterocycles. The molecule has 3 nitrogen and oxygen atoms in total. The lowest BCUT2D eigenvalue weighted by atomic mass is 9.93. The molecule has 0 amide bonds. The lowest BCUT2D eigenvalue weighted by Gasteiger charge is -2.37. The predicted octanol–water partition coefficient (Wildman–Crippen LogP) is 1.84. The molecule has 2 rings (SSSR count). The van der Waals surface area contributed by atoms with E-state index < -0.39 is 5.60 Å². The van der Waals surface area contributed by atoms with E-state index in [1.54, 1.807) is 0 Å². The zero-order chi connectivity index (χ0) is 12.5. The van der Waals surface area contributed by atoms with Crippen molar-refractivity contribution < 1.29 is 10.2 Å². The van der Waals surface area contributed by atoms with Gasteiger partial charge in [-0.25, -0.2) is 0 Å². The summed E-state index contributed by atoms with van der Waals surface area (Å²) in [6, 6.07) is 6.07. The number of nitrogens with zero attached hydrogens (tertiary/aromatic N) is 1. The summed E-state index contributed by atoms with van der Waals surface area (Å²) in [6.45, 7) is 5.86. The Labute approximate surface area is 103 Å². The highest BCUT2D eigenvalue weighted by atomic mass is 16.3. The van der Waals surface area contributed by atoms with Crippen LogP contribution in [0.5, 0.6) is 0 Å². The fourth-order valence-electron chi connectivity index (χ4n) is 2.40. The molecule has 1 heterocycles. The summed E-state index contributed by atoms with van der Waals surface area (Å²) < 4.78 is 0. The lowest BCUT2D eigenvalue weighted by molar-refractivity contribution is 0.0351. The van der Waals surface area contributed by atoms with E-state index >= 15 is 0 Å². The van der Waals surface area contributed by atoms with Gasteiger partial charge in [-0.15, -0.1) is 0 Å². The van der Waals surface area contributed by atoms with Crippen molar-refractivity contribution >= 4 is 5.69 Å². The molecule has 0 aliphatic carbocycles. The number of rotatable bonds is 2. The molecule has 94 valence electrons. The molecule has 0 spiro atoms. The third-order valence-corrected chi connectivity index (χ3v) is 3.63. The van der Waals surface area contributed by atoms with Gasteiger partial charge in [0.25, 0.3) is 0 Å². The van der Waals surface area contributed by atoms with E-state index in [-0.39, 0.29) is 6.61 Å². The molecular weight excluding hydrogens is 214 g/mol. The van der Waals surface area contributed by atoms with Crippen molar-refractivity contribution in [1.29, 1.82) is 0 Å². The van der Waals surface area contributed by atoms with Crippen molar-refractivity contribution in [2.75, 3.05) is 18.0 Å². The number of piperidine rings is 1. The van der Waals surface area contributed by atoms with Crippen LogP contribution < -0.4 is 4.90 Å². The summed E-state index contributed by atoms with van der Waals surface area (Å²) in [7, 11) is 0. The summed E-state index contributed by atoms with van der Waals surface area (Å²) in [5.74, 6) is 0. The minimum Gasteiger partial charge on any atom is -0.392 e. The van der Waals surface area contributed by atoms with Crippen molar-refractivity contribution in [1.82, 2.24) is 0 Å². The van der Waals surface area contributed by atoms with E-state index in [9.17, 15) is 5.11 Å². The van der Waals surface area contributed by atoms with Crippen molar-refractivity contribution in [3.8, 4) is 0 Å². The van der Waals surface area contributed by atoms with Crippen LogP contribution in [0.4, 0.5) is 5.69 Å². The molecule has 0 unspecified atom stereocenters. The summed E-state index contributed by atoms with van der Waals surface area (Å²) in [5.41, 5.74) is 2.86. The van der Waals surface area contributed by atoms with Gasteiger partial charge in [-0.05, 0) is 43.9 Å². The lowest BCUT2D eigenvalue weighted by Crippen LogP contribution is -2.42. The molecule has 3 heteroatoms. The Balaban J connectivity index is 2.13. The van der Waals surface area contributed by atoms with Gasteiger partial charge in [-0.1, -0.05) is 12.1 Å². The first-order chi connectivity index (χ1) is 8.02. The maximum atomic E-state index is 9.93. The second-order valence-electron chi connectivity index (χ2n) is 5.26. The number of hydrogen-bond acceptors (Lipinski definition) is 3. The maximum absolute atomic E-state index is 9.93. The minimum atomic E-state index is -0.505. The van der Waals surface area contributed by atoms with Gasteiger partial charge in [-0.3, -0.25) is 0 Å². The highest BCUT2D eigenvalue weighted by Gasteiger charge is 2.27. The molecule has 0 atom stereocenters. The Morgan fingerprint density at radius 1 is 1.29 bits per heavy atom. The molecule has 0 radical (unpaired) electrons. The summed E-state index contributed by atoms with van der Waals surface area (Å²) in [6.07, 6.45) is 1.63. The van der Waals surface area contributed by atoms with Gasteiger partial charge in [0, 0.05) is 18.8 Å². The van der Waals surface area contributed by atoms with E-state index in [1.165, 1.54) is 11.3 Å². The van der Waals surface area contributed by atoms with E-state index in [1.807, 2.05) is 19.1 Å². The van der Waals surface area contributed by atoms with Gasteiger partial charge in [-0.2, -0.15) is 0 Å². The van der Waals surface area contributed by atoms with Crippen LogP contribution in [0.2, 0.25) is 0 Å². The average Bonchev–Trinajstić information content (AvgIpc) is 2.29. The Kier molecular flexibility index (Phi) is 3.40. The normalized spacial score (nSPS) is 19.4. The molecule has 2 N–H and O–H groups in total. The predicted molar refractivity (Wildman–Crippen MR) is 69.2 cm³/mol. The highest BCUT2D eigenvalue weighted by Crippen LogP contribution is 2.28. The first-order valence-electron chi connectivity index (χ1n) is 6.19. The first kappa shape index (κ1) is 12.4. The van der Waals surface area contributed by atoms with E-state index in [4.69, 9.17) is 5.11 Å². The zero-order valence-electron chi connectivity index (χ0n) is 10.6. The Hall–Kier alpha value is -1.06. The van der Waals surface area contributed by atoms with Crippen molar-refractivity contribution in [2.24, 2.45) is 0 Å². The van der Waals surface area contributed by atoms with Gasteiger partial charge < -0.3 is 15.1 Å². The summed E-state index contributed by atoms with van der Waals surface area (Å²) >= 11 is 0. The highest BCUT2D eigenvalue weighted by molar-refractivity contribution is 5.54. The fourth-order valence-corrected chi connectivity index (χ4v) is 2.40. The Morgan fingerprint density at radius 2 is 1.94 bits per heavy atom. The van der Waals surface area contributed by atoms with Gasteiger partial charge in [0.05, 0.1) is 12.2 Å². The molecule has 0 bridgehead atoms. The van der Waals surface area contributed by atoms with Gasteiger partial charge >= 0.3 is 0 Å². The number of aryl methyl sites for hydroxylation is 1. The van der Waals surface area contributed by atoms with Gasteiger partial charge in [0.15, 0.2) is 0 Å². The van der Waals surface area contributed by atoms with Crippen LogP contribution in [0, 0.1) is 6.92 Å². The molecule has 1 fully saturated rings. The SMILES string of the molecule is Cc1cc(CO)ccc1N1CCC(C)(O)CC1. The standard InChI is InChI=1S/C14H21NO2/c1-11-9-12(10-16)3-4-13(11)15-7-5-14(2,17)6-8-15/h3-4,9,16-17H,5-8,10H2,1-2H3. The molecule has 17 heavy (non-hydrogen) atoms. The maximum Gasteiger partial charge on any atom is 0.0681 e. The topological polar surface area (TPSA) is 43.7 Å². The average molecular weight is 235 g/mol. The van der Waals surface area contributed by atoms with E-state index in [0.717, 1.165) is 31.5 Å². The van der Waals surface area contributed by atoms with Crippen LogP contribution in [-0.2, 0) is 6.61 Å². The van der Waals surface area contributed by atoms with Crippen LogP contribution in [-0.4, -0.2) is 28.9 Å². The van der Waals surface area contributed by atoms with Crippen LogP contribution in [0.3, 0.4) is 0 Å². The van der Waals surface area contributed by atoms with Crippen LogP contribution in [0.15, 0.2) is 18.2 Å². The molecule has 1 aliphatic rings. The minimum absolute atomic E-state index is 0.0931. The third kappa shape index (κ3) is 2.79. The number of hydrogen-bond donors (Lipinski definition) is 2. The molecule has 1 aromatic carbocycles. The molecule has 1 aromatic rings. The van der Waals surface area contributed by atoms with Gasteiger partial charge in [0.2, 0.25) is 0 Å². The Bertz CT molecular complexity index is 391. The van der Waals surface area contributed by atoms with Crippen molar-refractivity contribution in [3.63, 3.8) is 0 Å². The summed E-state index contributed by atoms with van der Waals surface area (Å²) in [4.78, 5) is 2.31. The number of aliphatic hydroxyl groups is 2. The monoisotopic (exact) mass is 235 g/mol. The smallest absolute Gasteiger partial charge is 0.0681 e. The quantitative estimate of drug-likeness (QED) is 0.822. The third-order valence-electron chi connectivity index (χ3n) is 3.63. The molecule has 1 aliphatic heterocycles. The zero-order valence-corrected chi connectivity index (χ0v) is 10.6. The van der Waals surface area contributed by atoms with Crippen LogP contribution >= 0.6 is 0 Å². The molecule has 0 saturated carbocycles. The number of aliphatic hydroxyl groups excluding tert-OH is 1. The van der Waals surface area contributed by atoms with E-state index in [2.05, 4.69) is 17.9 Å². The Morgan fingerprint density at radius 3 is 2.47 bits per heavy atom.